The third kappa shape index (κ3) is 4.70. The number of ether oxygens (including phenoxy) is 1. The Morgan fingerprint density at radius 3 is 2.21 bits per heavy atom. The first-order valence-corrected chi connectivity index (χ1v) is 20.2. The van der Waals surface area contributed by atoms with E-state index in [1.54, 1.807) is 12.3 Å². The summed E-state index contributed by atoms with van der Waals surface area (Å²) < 4.78 is 42.6. The second-order valence-corrected chi connectivity index (χ2v) is 15.9. The van der Waals surface area contributed by atoms with Gasteiger partial charge in [0.25, 0.3) is 0 Å². The van der Waals surface area contributed by atoms with Crippen LogP contribution in [0.1, 0.15) is 15.2 Å². The molecule has 7 heteroatoms. The normalized spacial score (nSPS) is 13.1. The number of nitrogens with zero attached hydrogens (tertiary/aromatic N) is 5. The van der Waals surface area contributed by atoms with Crippen molar-refractivity contribution < 1.29 is 28.2 Å². The second kappa shape index (κ2) is 12.4. The average Bonchev–Trinajstić information content (AvgIpc) is 3.97. The summed E-state index contributed by atoms with van der Waals surface area (Å²) >= 11 is 2.35. The average molecular weight is 930 g/mol. The molecule has 0 atom stereocenters. The first-order valence-electron chi connectivity index (χ1n) is 20.6. The SMILES string of the molecule is [2H]C([2H])([2H])c1cc(-n2c3[c-]c(Oc4[c-]c(-n5[c](=[Pt])n(C)c6ccccc65)ccc4C)ccc3c3cc4c5cccc6c7ccccc7n(c4cc32)c65)ncc1-c1ccccc1. The van der Waals surface area contributed by atoms with Crippen LogP contribution in [-0.2, 0) is 26.4 Å². The van der Waals surface area contributed by atoms with Crippen molar-refractivity contribution in [2.75, 3.05) is 0 Å². The topological polar surface area (TPSA) is 41.3 Å². The van der Waals surface area contributed by atoms with Gasteiger partial charge in [-0.3, -0.25) is 0 Å². The summed E-state index contributed by atoms with van der Waals surface area (Å²) in [5, 5.41) is 6.66. The molecule has 0 aliphatic rings. The molecule has 0 aliphatic heterocycles. The van der Waals surface area contributed by atoms with E-state index in [1.807, 2.05) is 60.0 Å². The monoisotopic (exact) mass is 929 g/mol. The van der Waals surface area contributed by atoms with Gasteiger partial charge in [0.05, 0.1) is 16.6 Å². The molecule has 0 aliphatic carbocycles. The van der Waals surface area contributed by atoms with E-state index in [1.165, 1.54) is 21.7 Å². The van der Waals surface area contributed by atoms with E-state index in [0.717, 1.165) is 69.9 Å². The van der Waals surface area contributed by atoms with Gasteiger partial charge in [0.1, 0.15) is 0 Å². The molecule has 0 saturated heterocycles. The van der Waals surface area contributed by atoms with E-state index < -0.39 is 6.85 Å². The minimum Gasteiger partial charge on any atom is -0.0622 e. The first kappa shape index (κ1) is 30.4. The summed E-state index contributed by atoms with van der Waals surface area (Å²) in [6, 6.07) is 54.5. The molecule has 0 N–H and O–H groups in total. The molecule has 6 nitrogen and oxygen atoms in total. The van der Waals surface area contributed by atoms with Crippen LogP contribution in [0.3, 0.4) is 0 Å². The van der Waals surface area contributed by atoms with Gasteiger partial charge in [0.15, 0.2) is 0 Å². The van der Waals surface area contributed by atoms with Gasteiger partial charge in [0, 0.05) is 37.4 Å². The van der Waals surface area contributed by atoms with Crippen molar-refractivity contribution in [2.45, 2.75) is 13.8 Å². The molecule has 0 amide bonds. The third-order valence-electron chi connectivity index (χ3n) is 11.7. The quantitative estimate of drug-likeness (QED) is 0.161. The van der Waals surface area contributed by atoms with Crippen LogP contribution in [0, 0.1) is 29.7 Å². The predicted octanol–water partition coefficient (Wildman–Crippen LogP) is 12.4. The van der Waals surface area contributed by atoms with Crippen molar-refractivity contribution in [1.29, 1.82) is 0 Å². The number of hydrogen-bond donors (Lipinski definition) is 0. The van der Waals surface area contributed by atoms with Crippen LogP contribution in [0.25, 0.3) is 93.6 Å². The fourth-order valence-electron chi connectivity index (χ4n) is 8.93. The molecule has 5 aromatic heterocycles. The van der Waals surface area contributed by atoms with Crippen molar-refractivity contribution in [3.63, 3.8) is 0 Å². The van der Waals surface area contributed by atoms with Crippen LogP contribution in [0.15, 0.2) is 146 Å². The van der Waals surface area contributed by atoms with Gasteiger partial charge < -0.3 is 4.40 Å². The molecule has 280 valence electrons. The van der Waals surface area contributed by atoms with Gasteiger partial charge in [0.2, 0.25) is 0 Å². The molecule has 0 radical (unpaired) electrons. The minimum atomic E-state index is -2.41. The molecule has 0 fully saturated rings. The Hall–Kier alpha value is -6.75. The van der Waals surface area contributed by atoms with Crippen molar-refractivity contribution in [3.05, 3.63) is 173 Å². The Labute approximate surface area is 348 Å². The molecule has 0 unspecified atom stereocenters. The summed E-state index contributed by atoms with van der Waals surface area (Å²) in [6.07, 6.45) is 1.69. The first-order chi connectivity index (χ1) is 29.6. The number of imidazole rings is 1. The third-order valence-corrected chi connectivity index (χ3v) is 12.9. The van der Waals surface area contributed by atoms with Crippen molar-refractivity contribution in [2.24, 2.45) is 7.05 Å². The zero-order valence-electron chi connectivity index (χ0n) is 34.3. The molecule has 12 rings (SSSR count). The zero-order chi connectivity index (χ0) is 41.3. The Morgan fingerprint density at radius 2 is 1.36 bits per heavy atom. The fourth-order valence-corrected chi connectivity index (χ4v) is 9.75. The predicted molar refractivity (Wildman–Crippen MR) is 231 cm³/mol. The van der Waals surface area contributed by atoms with E-state index in [-0.39, 0.29) is 5.56 Å². The summed E-state index contributed by atoms with van der Waals surface area (Å²) in [5.41, 5.74) is 10.5. The van der Waals surface area contributed by atoms with Crippen LogP contribution in [-0.4, -0.2) is 23.1 Å². The molecule has 0 spiro atoms. The molecule has 0 saturated carbocycles. The number of aromatic nitrogens is 5. The number of aryl methyl sites for hydroxylation is 3. The van der Waals surface area contributed by atoms with Crippen molar-refractivity contribution in [3.8, 4) is 34.1 Å². The molecule has 12 aromatic rings. The van der Waals surface area contributed by atoms with Crippen LogP contribution >= 0.6 is 0 Å². The van der Waals surface area contributed by atoms with Gasteiger partial charge in [-0.2, -0.15) is 0 Å². The van der Waals surface area contributed by atoms with Crippen molar-refractivity contribution >= 4 is 70.9 Å². The molecule has 58 heavy (non-hydrogen) atoms. The van der Waals surface area contributed by atoms with Crippen LogP contribution in [0.5, 0.6) is 11.5 Å². The van der Waals surface area contributed by atoms with Gasteiger partial charge in [-0.05, 0) is 24.0 Å². The maximum atomic E-state index is 8.68. The Morgan fingerprint density at radius 1 is 0.621 bits per heavy atom. The smallest absolute Gasteiger partial charge is 0.0622 e. The Balaban J connectivity index is 1.11. The van der Waals surface area contributed by atoms with Gasteiger partial charge in [-0.15, -0.1) is 0 Å². The zero-order valence-corrected chi connectivity index (χ0v) is 33.6. The minimum absolute atomic E-state index is 0.223. The van der Waals surface area contributed by atoms with Crippen LogP contribution in [0.4, 0.5) is 0 Å². The van der Waals surface area contributed by atoms with E-state index in [2.05, 4.69) is 137 Å². The summed E-state index contributed by atoms with van der Waals surface area (Å²) in [6.45, 7) is -0.393. The summed E-state index contributed by atoms with van der Waals surface area (Å²) in [5.74, 6) is 1.56. The van der Waals surface area contributed by atoms with Crippen LogP contribution in [0.2, 0.25) is 0 Å². The second-order valence-electron chi connectivity index (χ2n) is 14.9. The van der Waals surface area contributed by atoms with Crippen molar-refractivity contribution in [1.82, 2.24) is 23.1 Å². The number of pyridine rings is 1. The number of hydrogen-bond acceptors (Lipinski definition) is 2. The van der Waals surface area contributed by atoms with Gasteiger partial charge >= 0.3 is 201 Å². The number of para-hydroxylation sites is 4. The number of benzene rings is 7. The molecular weight excluding hydrogens is 894 g/mol. The standard InChI is InChI=1S/C51H33N5O.Pt/c1-31-20-21-34(54-30-53(3)44-18-9-10-19-45(44)54)25-49(31)57-35-22-23-37-40-27-41-39-16-11-15-38-36-14-7-8-17-43(36)56(51(38)39)48(41)28-47(40)55(46(37)26-35)50-24-32(2)42(29-52-50)33-12-5-4-6-13-33;/h4-24,27-29H,1-3H3;/q-2;/i2D3;. The summed E-state index contributed by atoms with van der Waals surface area (Å²) in [4.78, 5) is 5.03. The molecule has 0 bridgehead atoms. The summed E-state index contributed by atoms with van der Waals surface area (Å²) in [7, 11) is 2.07. The van der Waals surface area contributed by atoms with Gasteiger partial charge in [-0.1, -0.05) is 66.7 Å². The van der Waals surface area contributed by atoms with E-state index in [9.17, 15) is 0 Å². The molecule has 7 aromatic carbocycles. The maximum absolute atomic E-state index is 8.68. The Bertz CT molecular complexity index is 3840. The molecule has 5 heterocycles. The van der Waals surface area contributed by atoms with Gasteiger partial charge in [-0.25, -0.2) is 0 Å². The Kier molecular flexibility index (Phi) is 6.48. The fraction of sp³-hybridized carbons (Fsp3) is 0.0588. The number of rotatable bonds is 5. The molecular formula is C51H33N5OPt-2. The van der Waals surface area contributed by atoms with Crippen LogP contribution < -0.4 is 4.74 Å². The number of fused-ring (bicyclic) bond motifs is 10. The van der Waals surface area contributed by atoms with E-state index in [0.29, 0.717) is 22.9 Å². The van der Waals surface area contributed by atoms with E-state index >= 15 is 0 Å². The van der Waals surface area contributed by atoms with E-state index in [4.69, 9.17) is 13.8 Å².